The lowest BCUT2D eigenvalue weighted by Crippen LogP contribution is -2.04. The fourth-order valence-corrected chi connectivity index (χ4v) is 2.75. The van der Waals surface area contributed by atoms with Crippen LogP contribution in [0.1, 0.15) is 11.1 Å². The molecule has 2 N–H and O–H groups in total. The molecule has 3 rings (SSSR count). The summed E-state index contributed by atoms with van der Waals surface area (Å²) in [5.74, 6) is 0.958. The second-order valence-corrected chi connectivity index (χ2v) is 6.21. The molecule has 0 radical (unpaired) electrons. The second kappa shape index (κ2) is 7.40. The van der Waals surface area contributed by atoms with E-state index in [0.717, 1.165) is 15.7 Å². The highest BCUT2D eigenvalue weighted by molar-refractivity contribution is 9.10. The van der Waals surface area contributed by atoms with E-state index in [9.17, 15) is 4.39 Å². The number of rotatable bonds is 5. The van der Waals surface area contributed by atoms with Crippen LogP contribution in [-0.2, 0) is 6.54 Å². The van der Waals surface area contributed by atoms with Gasteiger partial charge in [0.15, 0.2) is 0 Å². The second-order valence-electron chi connectivity index (χ2n) is 5.35. The topological polar surface area (TPSA) is 49.8 Å². The highest BCUT2D eigenvalue weighted by Gasteiger charge is 2.04. The molecule has 0 atom stereocenters. The molecule has 0 aliphatic rings. The van der Waals surface area contributed by atoms with Gasteiger partial charge >= 0.3 is 0 Å². The molecule has 0 amide bonds. The lowest BCUT2D eigenvalue weighted by Gasteiger charge is -2.10. The Kier molecular flexibility index (Phi) is 5.05. The van der Waals surface area contributed by atoms with Gasteiger partial charge in [-0.3, -0.25) is 0 Å². The van der Waals surface area contributed by atoms with Gasteiger partial charge in [-0.2, -0.15) is 4.98 Å². The van der Waals surface area contributed by atoms with E-state index in [-0.39, 0.29) is 5.82 Å². The number of halogens is 2. The summed E-state index contributed by atoms with van der Waals surface area (Å²) in [5.41, 5.74) is 3.05. The number of aromatic nitrogens is 2. The molecule has 24 heavy (non-hydrogen) atoms. The van der Waals surface area contributed by atoms with Crippen LogP contribution in [0.5, 0.6) is 0 Å². The average molecular weight is 387 g/mol. The van der Waals surface area contributed by atoms with E-state index in [0.29, 0.717) is 18.3 Å². The summed E-state index contributed by atoms with van der Waals surface area (Å²) in [6.45, 7) is 2.59. The Labute approximate surface area is 148 Å². The molecule has 0 fully saturated rings. The van der Waals surface area contributed by atoms with Crippen molar-refractivity contribution in [3.05, 3.63) is 76.1 Å². The molecule has 0 bridgehead atoms. The maximum absolute atomic E-state index is 12.9. The fourth-order valence-electron chi connectivity index (χ4n) is 2.15. The Morgan fingerprint density at radius 2 is 1.88 bits per heavy atom. The zero-order valence-corrected chi connectivity index (χ0v) is 14.6. The van der Waals surface area contributed by atoms with Crippen molar-refractivity contribution in [1.29, 1.82) is 0 Å². The summed E-state index contributed by atoms with van der Waals surface area (Å²) >= 11 is 3.53. The van der Waals surface area contributed by atoms with Gasteiger partial charge < -0.3 is 10.6 Å². The van der Waals surface area contributed by atoms with Crippen LogP contribution in [0, 0.1) is 12.7 Å². The number of nitrogens with zero attached hydrogens (tertiary/aromatic N) is 2. The molecular weight excluding hydrogens is 371 g/mol. The smallest absolute Gasteiger partial charge is 0.229 e. The number of hydrogen-bond acceptors (Lipinski definition) is 4. The minimum absolute atomic E-state index is 0.240. The molecule has 0 aliphatic carbocycles. The first-order chi connectivity index (χ1) is 11.6. The Hall–Kier alpha value is -2.47. The number of aryl methyl sites for hydroxylation is 1. The summed E-state index contributed by atoms with van der Waals surface area (Å²) in [6.07, 6.45) is 1.68. The third kappa shape index (κ3) is 4.29. The van der Waals surface area contributed by atoms with E-state index in [4.69, 9.17) is 0 Å². The van der Waals surface area contributed by atoms with Gasteiger partial charge in [0.2, 0.25) is 5.95 Å². The molecule has 0 spiro atoms. The Bertz CT molecular complexity index is 837. The van der Waals surface area contributed by atoms with E-state index >= 15 is 0 Å². The molecule has 6 heteroatoms. The SMILES string of the molecule is Cc1ccc(Nc2nccc(NCc3ccc(F)cc3)n2)c(Br)c1. The van der Waals surface area contributed by atoms with Gasteiger partial charge in [0.25, 0.3) is 0 Å². The van der Waals surface area contributed by atoms with Crippen LogP contribution in [-0.4, -0.2) is 9.97 Å². The van der Waals surface area contributed by atoms with Crippen molar-refractivity contribution in [3.63, 3.8) is 0 Å². The van der Waals surface area contributed by atoms with Crippen LogP contribution in [0.15, 0.2) is 59.2 Å². The number of benzene rings is 2. The fraction of sp³-hybridized carbons (Fsp3) is 0.111. The van der Waals surface area contributed by atoms with Crippen LogP contribution in [0.3, 0.4) is 0 Å². The summed E-state index contributed by atoms with van der Waals surface area (Å²) in [7, 11) is 0. The first-order valence-electron chi connectivity index (χ1n) is 7.45. The molecule has 0 saturated carbocycles. The molecule has 2 aromatic carbocycles. The summed E-state index contributed by atoms with van der Waals surface area (Å²) < 4.78 is 13.9. The van der Waals surface area contributed by atoms with E-state index in [1.165, 1.54) is 17.7 Å². The molecule has 4 nitrogen and oxygen atoms in total. The normalized spacial score (nSPS) is 10.5. The molecule has 1 heterocycles. The van der Waals surface area contributed by atoms with Crippen LogP contribution < -0.4 is 10.6 Å². The standard InChI is InChI=1S/C18H16BrFN4/c1-12-2-7-16(15(19)10-12)23-18-21-9-8-17(24-18)22-11-13-3-5-14(20)6-4-13/h2-10H,11H2,1H3,(H2,21,22,23,24). The quantitative estimate of drug-likeness (QED) is 0.644. The monoisotopic (exact) mass is 386 g/mol. The zero-order valence-electron chi connectivity index (χ0n) is 13.1. The third-order valence-electron chi connectivity index (χ3n) is 3.41. The van der Waals surface area contributed by atoms with Crippen molar-refractivity contribution in [2.75, 3.05) is 10.6 Å². The first kappa shape index (κ1) is 16.4. The minimum atomic E-state index is -0.240. The number of nitrogens with one attached hydrogen (secondary N) is 2. The van der Waals surface area contributed by atoms with E-state index < -0.39 is 0 Å². The highest BCUT2D eigenvalue weighted by atomic mass is 79.9. The van der Waals surface area contributed by atoms with Gasteiger partial charge in [0.05, 0.1) is 5.69 Å². The van der Waals surface area contributed by atoms with Crippen molar-refractivity contribution in [2.24, 2.45) is 0 Å². The average Bonchev–Trinajstić information content (AvgIpc) is 2.57. The Balaban J connectivity index is 1.68. The van der Waals surface area contributed by atoms with Crippen molar-refractivity contribution in [1.82, 2.24) is 9.97 Å². The predicted octanol–water partition coefficient (Wildman–Crippen LogP) is 5.04. The summed E-state index contributed by atoms with van der Waals surface area (Å²) in [4.78, 5) is 8.67. The highest BCUT2D eigenvalue weighted by Crippen LogP contribution is 2.25. The van der Waals surface area contributed by atoms with Crippen molar-refractivity contribution in [3.8, 4) is 0 Å². The Morgan fingerprint density at radius 1 is 1.08 bits per heavy atom. The predicted molar refractivity (Wildman–Crippen MR) is 97.9 cm³/mol. The van der Waals surface area contributed by atoms with Gasteiger partial charge in [0.1, 0.15) is 11.6 Å². The van der Waals surface area contributed by atoms with E-state index in [1.807, 2.05) is 25.1 Å². The molecule has 0 unspecified atom stereocenters. The zero-order chi connectivity index (χ0) is 16.9. The minimum Gasteiger partial charge on any atom is -0.366 e. The van der Waals surface area contributed by atoms with Gasteiger partial charge in [-0.15, -0.1) is 0 Å². The summed E-state index contributed by atoms with van der Waals surface area (Å²) in [5, 5.41) is 6.39. The molecule has 1 aromatic heterocycles. The number of hydrogen-bond donors (Lipinski definition) is 2. The Morgan fingerprint density at radius 3 is 2.62 bits per heavy atom. The first-order valence-corrected chi connectivity index (χ1v) is 8.24. The molecule has 3 aromatic rings. The molecule has 0 saturated heterocycles. The molecule has 122 valence electrons. The largest absolute Gasteiger partial charge is 0.366 e. The van der Waals surface area contributed by atoms with Crippen LogP contribution in [0.4, 0.5) is 21.8 Å². The summed E-state index contributed by atoms with van der Waals surface area (Å²) in [6, 6.07) is 14.2. The maximum atomic E-state index is 12.9. The van der Waals surface area contributed by atoms with Crippen LogP contribution in [0.2, 0.25) is 0 Å². The van der Waals surface area contributed by atoms with Gasteiger partial charge in [0, 0.05) is 17.2 Å². The maximum Gasteiger partial charge on any atom is 0.229 e. The van der Waals surface area contributed by atoms with Crippen molar-refractivity contribution in [2.45, 2.75) is 13.5 Å². The van der Waals surface area contributed by atoms with Crippen LogP contribution in [0.25, 0.3) is 0 Å². The number of anilines is 3. The van der Waals surface area contributed by atoms with E-state index in [2.05, 4.69) is 36.5 Å². The van der Waals surface area contributed by atoms with Gasteiger partial charge in [-0.25, -0.2) is 9.37 Å². The van der Waals surface area contributed by atoms with Crippen molar-refractivity contribution < 1.29 is 4.39 Å². The molecule has 0 aliphatic heterocycles. The van der Waals surface area contributed by atoms with E-state index in [1.54, 1.807) is 24.4 Å². The van der Waals surface area contributed by atoms with Crippen LogP contribution >= 0.6 is 15.9 Å². The lowest BCUT2D eigenvalue weighted by atomic mass is 10.2. The third-order valence-corrected chi connectivity index (χ3v) is 4.07. The molecular formula is C18H16BrFN4. The van der Waals surface area contributed by atoms with Gasteiger partial charge in [-0.1, -0.05) is 18.2 Å². The lowest BCUT2D eigenvalue weighted by molar-refractivity contribution is 0.627. The van der Waals surface area contributed by atoms with Gasteiger partial charge in [-0.05, 0) is 64.3 Å². The van der Waals surface area contributed by atoms with Crippen molar-refractivity contribution >= 4 is 33.4 Å².